The normalized spacial score (nSPS) is 11.2. The van der Waals surface area contributed by atoms with E-state index in [4.69, 9.17) is 9.47 Å². The third kappa shape index (κ3) is 5.91. The molecule has 1 aromatic rings. The van der Waals surface area contributed by atoms with Gasteiger partial charge < -0.3 is 14.8 Å². The quantitative estimate of drug-likeness (QED) is 0.624. The molecule has 0 aliphatic carbocycles. The number of nitrogens with one attached hydrogen (secondary N) is 1. The Labute approximate surface area is 130 Å². The number of aromatic nitrogens is 2. The Morgan fingerprint density at radius 3 is 2.70 bits per heavy atom. The van der Waals surface area contributed by atoms with Crippen LogP contribution in [0.4, 0.5) is 0 Å². The molecule has 0 spiro atoms. The van der Waals surface area contributed by atoms with Crippen molar-refractivity contribution in [3.63, 3.8) is 0 Å². The third-order valence-corrected chi connectivity index (χ3v) is 4.03. The van der Waals surface area contributed by atoms with Gasteiger partial charge in [0, 0.05) is 27.3 Å². The predicted octanol–water partition coefficient (Wildman–Crippen LogP) is 2.28. The van der Waals surface area contributed by atoms with Gasteiger partial charge in [0.25, 0.3) is 0 Å². The molecule has 1 heterocycles. The third-order valence-electron chi connectivity index (χ3n) is 3.12. The van der Waals surface area contributed by atoms with E-state index in [-0.39, 0.29) is 0 Å². The largest absolute Gasteiger partial charge is 0.382 e. The Kier molecular flexibility index (Phi) is 9.09. The van der Waals surface area contributed by atoms with Gasteiger partial charge in [0.15, 0.2) is 0 Å². The van der Waals surface area contributed by atoms with Crippen LogP contribution < -0.4 is 5.32 Å². The lowest BCUT2D eigenvalue weighted by Gasteiger charge is -2.06. The molecule has 0 aromatic carbocycles. The first-order valence-corrected chi connectivity index (χ1v) is 7.97. The fourth-order valence-corrected chi connectivity index (χ4v) is 2.67. The lowest BCUT2D eigenvalue weighted by atomic mass is 10.3. The van der Waals surface area contributed by atoms with E-state index >= 15 is 0 Å². The van der Waals surface area contributed by atoms with E-state index in [1.54, 1.807) is 7.11 Å². The summed E-state index contributed by atoms with van der Waals surface area (Å²) in [6.45, 7) is 6.12. The summed E-state index contributed by atoms with van der Waals surface area (Å²) in [4.78, 5) is 0. The zero-order valence-electron chi connectivity index (χ0n) is 12.7. The highest BCUT2D eigenvalue weighted by atomic mass is 79.9. The maximum absolute atomic E-state index is 5.42. The molecule has 0 bridgehead atoms. The average molecular weight is 348 g/mol. The van der Waals surface area contributed by atoms with Crippen molar-refractivity contribution in [3.8, 4) is 0 Å². The van der Waals surface area contributed by atoms with Gasteiger partial charge in [-0.05, 0) is 41.7 Å². The predicted molar refractivity (Wildman–Crippen MR) is 83.9 cm³/mol. The number of halogens is 1. The number of hydrogen-bond acceptors (Lipinski definition) is 4. The van der Waals surface area contributed by atoms with Crippen molar-refractivity contribution in [2.45, 2.75) is 32.7 Å². The van der Waals surface area contributed by atoms with Crippen molar-refractivity contribution >= 4 is 15.9 Å². The minimum absolute atomic E-state index is 0.673. The smallest absolute Gasteiger partial charge is 0.0767 e. The van der Waals surface area contributed by atoms with Gasteiger partial charge in [0.2, 0.25) is 0 Å². The van der Waals surface area contributed by atoms with Gasteiger partial charge in [-0.25, -0.2) is 0 Å². The van der Waals surface area contributed by atoms with Crippen molar-refractivity contribution in [3.05, 3.63) is 15.9 Å². The zero-order chi connectivity index (χ0) is 14.8. The van der Waals surface area contributed by atoms with Gasteiger partial charge in [-0.3, -0.25) is 4.68 Å². The highest BCUT2D eigenvalue weighted by molar-refractivity contribution is 9.10. The summed E-state index contributed by atoms with van der Waals surface area (Å²) in [5, 5.41) is 7.94. The van der Waals surface area contributed by atoms with E-state index in [2.05, 4.69) is 33.3 Å². The molecular weight excluding hydrogens is 322 g/mol. The molecule has 0 aliphatic heterocycles. The molecule has 116 valence electrons. The monoisotopic (exact) mass is 347 g/mol. The van der Waals surface area contributed by atoms with E-state index in [9.17, 15) is 0 Å². The number of methoxy groups -OCH3 is 1. The minimum atomic E-state index is 0.673. The lowest BCUT2D eigenvalue weighted by molar-refractivity contribution is 0.0688. The summed E-state index contributed by atoms with van der Waals surface area (Å²) in [6.07, 6.45) is 3.14. The molecule has 5 nitrogen and oxygen atoms in total. The molecule has 1 aromatic heterocycles. The molecule has 6 heteroatoms. The highest BCUT2D eigenvalue weighted by Crippen LogP contribution is 2.21. The van der Waals surface area contributed by atoms with Crippen LogP contribution in [0.1, 0.15) is 31.2 Å². The second-order valence-corrected chi connectivity index (χ2v) is 5.47. The van der Waals surface area contributed by atoms with E-state index in [1.165, 1.54) is 5.69 Å². The topological polar surface area (TPSA) is 48.3 Å². The Morgan fingerprint density at radius 2 is 2.05 bits per heavy atom. The molecule has 20 heavy (non-hydrogen) atoms. The summed E-state index contributed by atoms with van der Waals surface area (Å²) in [5.74, 6) is 0. The van der Waals surface area contributed by atoms with Crippen LogP contribution in [-0.2, 0) is 29.5 Å². The fraction of sp³-hybridized carbons (Fsp3) is 0.786. The van der Waals surface area contributed by atoms with Gasteiger partial charge in [0.1, 0.15) is 0 Å². The highest BCUT2D eigenvalue weighted by Gasteiger charge is 2.11. The maximum Gasteiger partial charge on any atom is 0.0767 e. The number of hydrogen-bond donors (Lipinski definition) is 1. The fourth-order valence-electron chi connectivity index (χ4n) is 1.92. The molecular formula is C14H26BrN3O2. The summed E-state index contributed by atoms with van der Waals surface area (Å²) < 4.78 is 13.4. The molecule has 1 rings (SSSR count). The molecule has 0 aliphatic rings. The van der Waals surface area contributed by atoms with Crippen LogP contribution in [0.5, 0.6) is 0 Å². The maximum atomic E-state index is 5.42. The van der Waals surface area contributed by atoms with Gasteiger partial charge >= 0.3 is 0 Å². The molecule has 0 saturated heterocycles. The second kappa shape index (κ2) is 10.3. The summed E-state index contributed by atoms with van der Waals surface area (Å²) in [6, 6.07) is 0. The Balaban J connectivity index is 2.11. The average Bonchev–Trinajstić information content (AvgIpc) is 2.72. The molecule has 1 N–H and O–H groups in total. The van der Waals surface area contributed by atoms with Crippen LogP contribution in [0.3, 0.4) is 0 Å². The van der Waals surface area contributed by atoms with E-state index in [1.807, 2.05) is 11.7 Å². The molecule has 0 fully saturated rings. The number of unbranched alkanes of at least 4 members (excludes halogenated alkanes) is 1. The minimum Gasteiger partial charge on any atom is -0.382 e. The summed E-state index contributed by atoms with van der Waals surface area (Å²) >= 11 is 3.63. The van der Waals surface area contributed by atoms with Crippen LogP contribution in [0.25, 0.3) is 0 Å². The van der Waals surface area contributed by atoms with Crippen molar-refractivity contribution in [1.29, 1.82) is 0 Å². The first-order chi connectivity index (χ1) is 9.70. The number of aryl methyl sites for hydroxylation is 2. The van der Waals surface area contributed by atoms with Crippen molar-refractivity contribution in [2.24, 2.45) is 7.05 Å². The van der Waals surface area contributed by atoms with Crippen LogP contribution in [0.15, 0.2) is 4.47 Å². The van der Waals surface area contributed by atoms with E-state index in [0.717, 1.165) is 49.1 Å². The number of nitrogens with zero attached hydrogens (tertiary/aromatic N) is 2. The Hall–Kier alpha value is -0.430. The molecule has 0 atom stereocenters. The van der Waals surface area contributed by atoms with Crippen LogP contribution >= 0.6 is 15.9 Å². The molecule has 0 amide bonds. The van der Waals surface area contributed by atoms with Crippen molar-refractivity contribution < 1.29 is 9.47 Å². The van der Waals surface area contributed by atoms with Crippen LogP contribution in [-0.4, -0.2) is 43.3 Å². The van der Waals surface area contributed by atoms with Crippen molar-refractivity contribution in [1.82, 2.24) is 15.1 Å². The van der Waals surface area contributed by atoms with Crippen LogP contribution in [0, 0.1) is 0 Å². The number of ether oxygens (including phenoxy) is 2. The van der Waals surface area contributed by atoms with Crippen molar-refractivity contribution in [2.75, 3.05) is 33.5 Å². The Bertz CT molecular complexity index is 383. The summed E-state index contributed by atoms with van der Waals surface area (Å²) in [5.41, 5.74) is 2.33. The summed E-state index contributed by atoms with van der Waals surface area (Å²) in [7, 11) is 3.68. The van der Waals surface area contributed by atoms with E-state index < -0.39 is 0 Å². The first kappa shape index (κ1) is 17.6. The van der Waals surface area contributed by atoms with Gasteiger partial charge in [0.05, 0.1) is 29.1 Å². The second-order valence-electron chi connectivity index (χ2n) is 4.67. The molecule has 0 unspecified atom stereocenters. The Morgan fingerprint density at radius 1 is 1.25 bits per heavy atom. The lowest BCUT2D eigenvalue weighted by Crippen LogP contribution is -2.17. The zero-order valence-corrected chi connectivity index (χ0v) is 14.3. The van der Waals surface area contributed by atoms with E-state index in [0.29, 0.717) is 13.2 Å². The number of rotatable bonds is 11. The SMILES string of the molecule is CCc1nn(C)c(CNCCCCOCCOC)c1Br. The first-order valence-electron chi connectivity index (χ1n) is 7.18. The molecule has 0 radical (unpaired) electrons. The van der Waals surface area contributed by atoms with Crippen LogP contribution in [0.2, 0.25) is 0 Å². The molecule has 0 saturated carbocycles. The van der Waals surface area contributed by atoms with Gasteiger partial charge in [-0.2, -0.15) is 5.10 Å². The van der Waals surface area contributed by atoms with Gasteiger partial charge in [-0.15, -0.1) is 0 Å². The van der Waals surface area contributed by atoms with Gasteiger partial charge in [-0.1, -0.05) is 6.92 Å². The standard InChI is InChI=1S/C14H26BrN3O2/c1-4-12-14(15)13(18(2)17-12)11-16-7-5-6-8-20-10-9-19-3/h16H,4-11H2,1-3H3.